The molecule has 0 unspecified atom stereocenters. The molecule has 45 heavy (non-hydrogen) atoms. The molecule has 1 aliphatic carbocycles. The molecule has 3 amide bonds. The van der Waals surface area contributed by atoms with Gasteiger partial charge in [-0.25, -0.2) is 5.48 Å². The van der Waals surface area contributed by atoms with Crippen molar-refractivity contribution in [1.82, 2.24) is 15.9 Å². The van der Waals surface area contributed by atoms with Gasteiger partial charge in [-0.05, 0) is 56.2 Å². The number of nitrogens with one attached hydrogen (secondary N) is 2. The first-order chi connectivity index (χ1) is 21.2. The van der Waals surface area contributed by atoms with E-state index in [4.69, 9.17) is 10.3 Å². The summed E-state index contributed by atoms with van der Waals surface area (Å²) in [5.74, 6) is -2.43. The first-order valence-corrected chi connectivity index (χ1v) is 16.7. The van der Waals surface area contributed by atoms with Crippen LogP contribution in [0.2, 0.25) is 0 Å². The molecule has 0 spiro atoms. The Balaban J connectivity index is 0.000000537. The highest BCUT2D eigenvalue weighted by Crippen LogP contribution is 2.34. The molecule has 6 N–H and O–H groups in total. The second-order valence-electron chi connectivity index (χ2n) is 12.0. The summed E-state index contributed by atoms with van der Waals surface area (Å²) < 4.78 is 29.6. The van der Waals surface area contributed by atoms with E-state index in [0.717, 1.165) is 36.8 Å². The average molecular weight is 645 g/mol. The van der Waals surface area contributed by atoms with E-state index in [2.05, 4.69) is 5.43 Å². The van der Waals surface area contributed by atoms with Crippen LogP contribution in [0, 0.1) is 30.6 Å². The summed E-state index contributed by atoms with van der Waals surface area (Å²) in [6.45, 7) is 7.62. The Morgan fingerprint density at radius 1 is 0.978 bits per heavy atom. The predicted molar refractivity (Wildman–Crippen MR) is 173 cm³/mol. The van der Waals surface area contributed by atoms with Crippen molar-refractivity contribution < 1.29 is 32.6 Å². The monoisotopic (exact) mass is 644 g/mol. The van der Waals surface area contributed by atoms with Crippen molar-refractivity contribution in [2.75, 3.05) is 6.54 Å². The number of carbonyl (C=O) groups is 3. The topological polar surface area (TPSA) is 179 Å². The molecule has 0 bridgehead atoms. The van der Waals surface area contributed by atoms with E-state index in [1.54, 1.807) is 24.5 Å². The Morgan fingerprint density at radius 3 is 2.09 bits per heavy atom. The van der Waals surface area contributed by atoms with Crippen molar-refractivity contribution in [1.29, 1.82) is 0 Å². The number of nitrogens with two attached hydrogens (primary N) is 1. The summed E-state index contributed by atoms with van der Waals surface area (Å²) in [4.78, 5) is 38.8. The summed E-state index contributed by atoms with van der Waals surface area (Å²) in [7, 11) is -4.02. The molecule has 248 valence electrons. The van der Waals surface area contributed by atoms with Crippen molar-refractivity contribution in [3.05, 3.63) is 71.8 Å². The van der Waals surface area contributed by atoms with Crippen LogP contribution in [0.3, 0.4) is 0 Å². The maximum absolute atomic E-state index is 13.5. The van der Waals surface area contributed by atoms with E-state index < -0.39 is 39.8 Å². The molecule has 1 saturated carbocycles. The van der Waals surface area contributed by atoms with E-state index in [-0.39, 0.29) is 23.1 Å². The number of hydrogen-bond acceptors (Lipinski definition) is 7. The normalized spacial score (nSPS) is 15.6. The summed E-state index contributed by atoms with van der Waals surface area (Å²) in [5, 5.41) is 10.7. The second-order valence-corrected chi connectivity index (χ2v) is 13.4. The number of hydrogen-bond donors (Lipinski definition) is 5. The van der Waals surface area contributed by atoms with Gasteiger partial charge in [-0.2, -0.15) is 8.42 Å². The first-order valence-electron chi connectivity index (χ1n) is 15.3. The minimum Gasteiger partial charge on any atom is -0.320 e. The SMILES string of the molecule is CC(C)CN(NC(=O)[C@H](CC1CCCC1)[C@H](C/C=C/c1ccccc1)C(=O)NO)C(=O)[C@@H](C)N.Cc1ccc(S(=O)(=O)O)cc1. The predicted octanol–water partition coefficient (Wildman–Crippen LogP) is 4.51. The Bertz CT molecular complexity index is 1360. The Hall–Kier alpha value is -3.58. The van der Waals surface area contributed by atoms with Crippen LogP contribution >= 0.6 is 0 Å². The maximum atomic E-state index is 13.5. The molecule has 12 heteroatoms. The molecule has 11 nitrogen and oxygen atoms in total. The largest absolute Gasteiger partial charge is 0.320 e. The van der Waals surface area contributed by atoms with E-state index in [9.17, 15) is 28.0 Å². The maximum Gasteiger partial charge on any atom is 0.294 e. The van der Waals surface area contributed by atoms with Crippen LogP contribution in [0.4, 0.5) is 0 Å². The third-order valence-corrected chi connectivity index (χ3v) is 8.47. The number of aryl methyl sites for hydroxylation is 1. The van der Waals surface area contributed by atoms with Crippen molar-refractivity contribution >= 4 is 33.9 Å². The van der Waals surface area contributed by atoms with Gasteiger partial charge in [-0.3, -0.25) is 34.6 Å². The Kier molecular flexibility index (Phi) is 15.4. The van der Waals surface area contributed by atoms with Crippen LogP contribution in [-0.4, -0.2) is 53.5 Å². The van der Waals surface area contributed by atoms with Crippen molar-refractivity contribution in [3.8, 4) is 0 Å². The van der Waals surface area contributed by atoms with Gasteiger partial charge in [0.25, 0.3) is 16.0 Å². The van der Waals surface area contributed by atoms with Crippen molar-refractivity contribution in [2.45, 2.75) is 77.2 Å². The third-order valence-electron chi connectivity index (χ3n) is 7.60. The number of rotatable bonds is 12. The summed E-state index contributed by atoms with van der Waals surface area (Å²) in [6.07, 6.45) is 8.76. The van der Waals surface area contributed by atoms with Gasteiger partial charge in [0, 0.05) is 6.54 Å². The molecule has 0 heterocycles. The average Bonchev–Trinajstić information content (AvgIpc) is 3.51. The summed E-state index contributed by atoms with van der Waals surface area (Å²) >= 11 is 0. The molecule has 0 radical (unpaired) electrons. The third kappa shape index (κ3) is 13.1. The van der Waals surface area contributed by atoms with Crippen molar-refractivity contribution in [3.63, 3.8) is 0 Å². The van der Waals surface area contributed by atoms with E-state index in [1.165, 1.54) is 17.1 Å². The van der Waals surface area contributed by atoms with Gasteiger partial charge in [0.2, 0.25) is 11.8 Å². The fraction of sp³-hybridized carbons (Fsp3) is 0.485. The molecule has 1 aliphatic rings. The minimum atomic E-state index is -4.02. The number of benzene rings is 2. The van der Waals surface area contributed by atoms with Gasteiger partial charge < -0.3 is 5.73 Å². The first kappa shape index (κ1) is 37.6. The molecule has 1 fully saturated rings. The van der Waals surface area contributed by atoms with Gasteiger partial charge in [0.1, 0.15) is 0 Å². The van der Waals surface area contributed by atoms with Crippen LogP contribution < -0.4 is 16.6 Å². The summed E-state index contributed by atoms with van der Waals surface area (Å²) in [6, 6.07) is 14.9. The van der Waals surface area contributed by atoms with E-state index in [0.29, 0.717) is 18.9 Å². The van der Waals surface area contributed by atoms with Gasteiger partial charge >= 0.3 is 0 Å². The highest BCUT2D eigenvalue weighted by Gasteiger charge is 2.37. The van der Waals surface area contributed by atoms with Crippen LogP contribution in [0.15, 0.2) is 65.6 Å². The van der Waals surface area contributed by atoms with Crippen LogP contribution in [-0.2, 0) is 24.5 Å². The Morgan fingerprint density at radius 2 is 1.58 bits per heavy atom. The Labute approximate surface area is 266 Å². The fourth-order valence-electron chi connectivity index (χ4n) is 5.24. The molecular formula is C33H48N4O7S. The zero-order valence-electron chi connectivity index (χ0n) is 26.6. The molecule has 0 aliphatic heterocycles. The molecule has 0 aromatic heterocycles. The number of nitrogens with zero attached hydrogens (tertiary/aromatic N) is 1. The quantitative estimate of drug-likeness (QED) is 0.127. The lowest BCUT2D eigenvalue weighted by molar-refractivity contribution is -0.148. The second kappa shape index (κ2) is 18.4. The summed E-state index contributed by atoms with van der Waals surface area (Å²) in [5.41, 5.74) is 12.2. The van der Waals surface area contributed by atoms with Crippen LogP contribution in [0.5, 0.6) is 0 Å². The number of hydroxylamine groups is 1. The number of amides is 3. The lowest BCUT2D eigenvalue weighted by atomic mass is 9.80. The van der Waals surface area contributed by atoms with E-state index in [1.807, 2.05) is 63.3 Å². The molecule has 3 rings (SSSR count). The highest BCUT2D eigenvalue weighted by molar-refractivity contribution is 7.85. The van der Waals surface area contributed by atoms with Gasteiger partial charge in [0.05, 0.1) is 22.8 Å². The van der Waals surface area contributed by atoms with Crippen LogP contribution in [0.1, 0.15) is 70.4 Å². The standard InChI is InChI=1S/C26H40N4O4.C7H8O3S/c1-18(2)17-30(26(33)19(3)27)28-24(31)23(16-21-12-7-8-13-21)22(25(32)29-34)15-9-14-20-10-5-4-6-11-20;1-6-2-4-7(5-3-6)11(8,9)10/h4-6,9-11,14,18-19,21-23,34H,7-8,12-13,15-17,27H2,1-3H3,(H,28,31)(H,29,32);2-5H,1H3,(H,8,9,10)/b14-9+;/t19-,22+,23-;/m1./s1. The minimum absolute atomic E-state index is 0.0666. The molecular weight excluding hydrogens is 596 g/mol. The molecule has 2 aromatic rings. The number of hydrazine groups is 1. The number of allylic oxidation sites excluding steroid dienone is 1. The van der Waals surface area contributed by atoms with Gasteiger partial charge in [-0.15, -0.1) is 0 Å². The van der Waals surface area contributed by atoms with Gasteiger partial charge in [0.15, 0.2) is 0 Å². The number of carbonyl (C=O) groups excluding carboxylic acids is 3. The van der Waals surface area contributed by atoms with E-state index >= 15 is 0 Å². The zero-order chi connectivity index (χ0) is 33.6. The highest BCUT2D eigenvalue weighted by atomic mass is 32.2. The smallest absolute Gasteiger partial charge is 0.294 e. The lowest BCUT2D eigenvalue weighted by Gasteiger charge is -2.31. The molecule has 0 saturated heterocycles. The van der Waals surface area contributed by atoms with Crippen molar-refractivity contribution in [2.24, 2.45) is 29.4 Å². The van der Waals surface area contributed by atoms with Gasteiger partial charge in [-0.1, -0.05) is 99.7 Å². The van der Waals surface area contributed by atoms with Crippen LogP contribution in [0.25, 0.3) is 6.08 Å². The molecule has 2 aromatic carbocycles. The zero-order valence-corrected chi connectivity index (χ0v) is 27.4. The molecule has 3 atom stereocenters. The lowest BCUT2D eigenvalue weighted by Crippen LogP contribution is -2.55. The fourth-order valence-corrected chi connectivity index (χ4v) is 5.72.